The molecule has 2 rings (SSSR count). The van der Waals surface area contributed by atoms with Crippen molar-refractivity contribution in [1.29, 1.82) is 0 Å². The summed E-state index contributed by atoms with van der Waals surface area (Å²) in [5.74, 6) is 1.82. The normalized spacial score (nSPS) is 20.4. The van der Waals surface area contributed by atoms with Gasteiger partial charge in [-0.15, -0.1) is 0 Å². The Hall–Kier alpha value is -0.830. The van der Waals surface area contributed by atoms with Crippen LogP contribution in [0.4, 0.5) is 0 Å². The zero-order valence-corrected chi connectivity index (χ0v) is 11.6. The SMILES string of the molecule is COc1ccc(Br)cc1CC1CCCC(=O)C1. The second-order valence-corrected chi connectivity index (χ2v) is 5.58. The number of carbonyl (C=O) groups is 1. The minimum absolute atomic E-state index is 0.412. The number of ether oxygens (including phenoxy) is 1. The van der Waals surface area contributed by atoms with Crippen molar-refractivity contribution >= 4 is 21.7 Å². The Balaban J connectivity index is 2.11. The van der Waals surface area contributed by atoms with Gasteiger partial charge in [-0.1, -0.05) is 15.9 Å². The summed E-state index contributed by atoms with van der Waals surface area (Å²) >= 11 is 3.48. The van der Waals surface area contributed by atoms with E-state index in [0.717, 1.165) is 42.3 Å². The van der Waals surface area contributed by atoms with Crippen molar-refractivity contribution < 1.29 is 9.53 Å². The number of methoxy groups -OCH3 is 1. The van der Waals surface area contributed by atoms with Crippen molar-refractivity contribution in [3.63, 3.8) is 0 Å². The van der Waals surface area contributed by atoms with E-state index in [1.54, 1.807) is 7.11 Å². The van der Waals surface area contributed by atoms with Gasteiger partial charge < -0.3 is 4.74 Å². The average Bonchev–Trinajstić information content (AvgIpc) is 2.29. The summed E-state index contributed by atoms with van der Waals surface area (Å²) in [5, 5.41) is 0. The first kappa shape index (κ1) is 12.6. The van der Waals surface area contributed by atoms with Gasteiger partial charge in [-0.05, 0) is 48.9 Å². The van der Waals surface area contributed by atoms with Gasteiger partial charge in [0.15, 0.2) is 0 Å². The lowest BCUT2D eigenvalue weighted by Gasteiger charge is -2.21. The molecule has 0 spiro atoms. The molecule has 1 aliphatic carbocycles. The van der Waals surface area contributed by atoms with Crippen molar-refractivity contribution in [1.82, 2.24) is 0 Å². The number of rotatable bonds is 3. The summed E-state index contributed by atoms with van der Waals surface area (Å²) in [7, 11) is 1.69. The lowest BCUT2D eigenvalue weighted by molar-refractivity contribution is -0.121. The summed E-state index contributed by atoms with van der Waals surface area (Å²) in [6.45, 7) is 0. The molecule has 0 aliphatic heterocycles. The fraction of sp³-hybridized carbons (Fsp3) is 0.500. The molecule has 1 unspecified atom stereocenters. The van der Waals surface area contributed by atoms with Crippen molar-refractivity contribution in [2.75, 3.05) is 7.11 Å². The van der Waals surface area contributed by atoms with Crippen molar-refractivity contribution in [3.8, 4) is 5.75 Å². The van der Waals surface area contributed by atoms with Gasteiger partial charge in [-0.2, -0.15) is 0 Å². The van der Waals surface area contributed by atoms with Gasteiger partial charge in [0, 0.05) is 17.3 Å². The molecule has 3 heteroatoms. The van der Waals surface area contributed by atoms with Crippen LogP contribution in [0.2, 0.25) is 0 Å². The quantitative estimate of drug-likeness (QED) is 0.849. The third kappa shape index (κ3) is 3.32. The third-order valence-corrected chi connectivity index (χ3v) is 3.83. The zero-order chi connectivity index (χ0) is 12.3. The molecule has 0 aromatic heterocycles. The summed E-state index contributed by atoms with van der Waals surface area (Å²) < 4.78 is 6.43. The van der Waals surface area contributed by atoms with Gasteiger partial charge >= 0.3 is 0 Å². The monoisotopic (exact) mass is 296 g/mol. The van der Waals surface area contributed by atoms with Gasteiger partial charge in [0.05, 0.1) is 7.11 Å². The molecule has 1 atom stereocenters. The standard InChI is InChI=1S/C14H17BrO2/c1-17-14-6-5-12(15)9-11(14)7-10-3-2-4-13(16)8-10/h5-6,9-10H,2-4,7-8H2,1H3. The predicted molar refractivity (Wildman–Crippen MR) is 71.4 cm³/mol. The number of Topliss-reactive ketones (excluding diaryl/α,β-unsaturated/α-hetero) is 1. The zero-order valence-electron chi connectivity index (χ0n) is 10.0. The molecule has 0 amide bonds. The summed E-state index contributed by atoms with van der Waals surface area (Å²) in [4.78, 5) is 11.4. The second kappa shape index (κ2) is 5.67. The second-order valence-electron chi connectivity index (χ2n) is 4.66. The molecule has 1 saturated carbocycles. The first-order valence-corrected chi connectivity index (χ1v) is 6.82. The van der Waals surface area contributed by atoms with Crippen LogP contribution in [-0.4, -0.2) is 12.9 Å². The molecule has 0 bridgehead atoms. The fourth-order valence-electron chi connectivity index (χ4n) is 2.51. The summed E-state index contributed by atoms with van der Waals surface area (Å²) in [5.41, 5.74) is 1.20. The number of hydrogen-bond donors (Lipinski definition) is 0. The van der Waals surface area contributed by atoms with Crippen molar-refractivity contribution in [2.45, 2.75) is 32.1 Å². The van der Waals surface area contributed by atoms with Crippen LogP contribution in [0.1, 0.15) is 31.2 Å². The van der Waals surface area contributed by atoms with E-state index >= 15 is 0 Å². The Bertz CT molecular complexity index is 415. The predicted octanol–water partition coefficient (Wildman–Crippen LogP) is 3.76. The molecule has 0 saturated heterocycles. The number of hydrogen-bond acceptors (Lipinski definition) is 2. The maximum atomic E-state index is 11.4. The molecule has 1 fully saturated rings. The van der Waals surface area contributed by atoms with E-state index in [1.165, 1.54) is 5.56 Å². The van der Waals surface area contributed by atoms with E-state index in [0.29, 0.717) is 11.7 Å². The molecular weight excluding hydrogens is 280 g/mol. The van der Waals surface area contributed by atoms with Crippen LogP contribution >= 0.6 is 15.9 Å². The number of halogens is 1. The Morgan fingerprint density at radius 1 is 1.47 bits per heavy atom. The highest BCUT2D eigenvalue weighted by Gasteiger charge is 2.20. The molecule has 92 valence electrons. The van der Waals surface area contributed by atoms with Crippen LogP contribution in [-0.2, 0) is 11.2 Å². The molecule has 0 heterocycles. The van der Waals surface area contributed by atoms with Crippen LogP contribution < -0.4 is 4.74 Å². The van der Waals surface area contributed by atoms with E-state index in [-0.39, 0.29) is 0 Å². The van der Waals surface area contributed by atoms with Crippen LogP contribution in [0.3, 0.4) is 0 Å². The van der Waals surface area contributed by atoms with E-state index in [2.05, 4.69) is 22.0 Å². The van der Waals surface area contributed by atoms with Crippen molar-refractivity contribution in [2.24, 2.45) is 5.92 Å². The number of ketones is 1. The van der Waals surface area contributed by atoms with Gasteiger partial charge in [0.2, 0.25) is 0 Å². The molecule has 1 aliphatic rings. The largest absolute Gasteiger partial charge is 0.496 e. The average molecular weight is 297 g/mol. The number of carbonyl (C=O) groups excluding carboxylic acids is 1. The minimum Gasteiger partial charge on any atom is -0.496 e. The molecule has 17 heavy (non-hydrogen) atoms. The molecule has 0 radical (unpaired) electrons. The van der Waals surface area contributed by atoms with E-state index < -0.39 is 0 Å². The third-order valence-electron chi connectivity index (χ3n) is 3.34. The molecule has 1 aromatic carbocycles. The van der Waals surface area contributed by atoms with Crippen LogP contribution in [0.25, 0.3) is 0 Å². The lowest BCUT2D eigenvalue weighted by Crippen LogP contribution is -2.17. The highest BCUT2D eigenvalue weighted by atomic mass is 79.9. The van der Waals surface area contributed by atoms with Crippen LogP contribution in [0, 0.1) is 5.92 Å². The topological polar surface area (TPSA) is 26.3 Å². The summed E-state index contributed by atoms with van der Waals surface area (Å²) in [6.07, 6.45) is 4.64. The lowest BCUT2D eigenvalue weighted by atomic mass is 9.84. The van der Waals surface area contributed by atoms with Crippen LogP contribution in [0.5, 0.6) is 5.75 Å². The van der Waals surface area contributed by atoms with E-state index in [4.69, 9.17) is 4.74 Å². The minimum atomic E-state index is 0.412. The molecule has 0 N–H and O–H groups in total. The van der Waals surface area contributed by atoms with Crippen LogP contribution in [0.15, 0.2) is 22.7 Å². The van der Waals surface area contributed by atoms with Crippen molar-refractivity contribution in [3.05, 3.63) is 28.2 Å². The van der Waals surface area contributed by atoms with Gasteiger partial charge in [-0.3, -0.25) is 4.79 Å². The maximum Gasteiger partial charge on any atom is 0.133 e. The Morgan fingerprint density at radius 3 is 3.00 bits per heavy atom. The molecule has 1 aromatic rings. The van der Waals surface area contributed by atoms with Gasteiger partial charge in [0.25, 0.3) is 0 Å². The first-order valence-electron chi connectivity index (χ1n) is 6.03. The smallest absolute Gasteiger partial charge is 0.133 e. The van der Waals surface area contributed by atoms with Gasteiger partial charge in [0.1, 0.15) is 11.5 Å². The fourth-order valence-corrected chi connectivity index (χ4v) is 2.91. The number of benzene rings is 1. The maximum absolute atomic E-state index is 11.4. The first-order chi connectivity index (χ1) is 8.19. The highest BCUT2D eigenvalue weighted by Crippen LogP contribution is 2.30. The Morgan fingerprint density at radius 2 is 2.29 bits per heavy atom. The summed E-state index contributed by atoms with van der Waals surface area (Å²) in [6, 6.07) is 6.05. The Kier molecular flexibility index (Phi) is 4.21. The molecular formula is C14H17BrO2. The highest BCUT2D eigenvalue weighted by molar-refractivity contribution is 9.10. The van der Waals surface area contributed by atoms with Gasteiger partial charge in [-0.25, -0.2) is 0 Å². The molecule has 2 nitrogen and oxygen atoms in total. The van der Waals surface area contributed by atoms with E-state index in [9.17, 15) is 4.79 Å². The van der Waals surface area contributed by atoms with E-state index in [1.807, 2.05) is 12.1 Å². The Labute approximate surface area is 110 Å².